The van der Waals surface area contributed by atoms with Crippen LogP contribution >= 0.6 is 0 Å². The fourth-order valence-corrected chi connectivity index (χ4v) is 3.18. The maximum Gasteiger partial charge on any atom is 0.238 e. The van der Waals surface area contributed by atoms with Gasteiger partial charge in [-0.1, -0.05) is 0 Å². The fourth-order valence-electron chi connectivity index (χ4n) is 3.18. The fraction of sp³-hybridized carbons (Fsp3) is 0.421. The van der Waals surface area contributed by atoms with E-state index in [1.54, 1.807) is 17.1 Å². The second-order valence-corrected chi connectivity index (χ2v) is 6.80. The third kappa shape index (κ3) is 5.13. The minimum absolute atomic E-state index is 0.0402. The van der Waals surface area contributed by atoms with Crippen molar-refractivity contribution in [2.24, 2.45) is 5.92 Å². The Morgan fingerprint density at radius 2 is 1.89 bits per heavy atom. The van der Waals surface area contributed by atoms with E-state index < -0.39 is 11.6 Å². The smallest absolute Gasteiger partial charge is 0.238 e. The molecule has 0 bridgehead atoms. The van der Waals surface area contributed by atoms with E-state index in [1.807, 2.05) is 11.8 Å². The average Bonchev–Trinajstić information content (AvgIpc) is 3.13. The highest BCUT2D eigenvalue weighted by atomic mass is 19.2. The molecule has 150 valence electrons. The molecular weight excluding hydrogens is 368 g/mol. The molecule has 2 aromatic rings. The molecule has 1 saturated heterocycles. The maximum absolute atomic E-state index is 13.2. The van der Waals surface area contributed by atoms with Crippen LogP contribution in [0.1, 0.15) is 19.8 Å². The van der Waals surface area contributed by atoms with Crippen molar-refractivity contribution in [1.82, 2.24) is 14.7 Å². The van der Waals surface area contributed by atoms with Gasteiger partial charge in [0.2, 0.25) is 11.8 Å². The molecule has 2 heterocycles. The van der Waals surface area contributed by atoms with E-state index in [0.29, 0.717) is 31.6 Å². The highest BCUT2D eigenvalue weighted by Gasteiger charge is 2.26. The minimum Gasteiger partial charge on any atom is -0.325 e. The molecule has 1 aliphatic heterocycles. The lowest BCUT2D eigenvalue weighted by Gasteiger charge is -2.30. The first-order valence-corrected chi connectivity index (χ1v) is 9.25. The molecule has 2 N–H and O–H groups in total. The van der Waals surface area contributed by atoms with Gasteiger partial charge in [-0.25, -0.2) is 8.78 Å². The molecule has 1 aromatic heterocycles. The maximum atomic E-state index is 13.2. The summed E-state index contributed by atoms with van der Waals surface area (Å²) in [6.45, 7) is 4.06. The van der Waals surface area contributed by atoms with Gasteiger partial charge in [-0.3, -0.25) is 19.2 Å². The van der Waals surface area contributed by atoms with E-state index in [9.17, 15) is 18.4 Å². The molecule has 3 rings (SSSR count). The van der Waals surface area contributed by atoms with Crippen LogP contribution in [0.25, 0.3) is 0 Å². The molecule has 1 fully saturated rings. The van der Waals surface area contributed by atoms with Crippen molar-refractivity contribution in [2.45, 2.75) is 26.3 Å². The Balaban J connectivity index is 1.43. The van der Waals surface area contributed by atoms with Crippen molar-refractivity contribution < 1.29 is 18.4 Å². The van der Waals surface area contributed by atoms with Crippen molar-refractivity contribution in [3.63, 3.8) is 0 Å². The van der Waals surface area contributed by atoms with E-state index in [2.05, 4.69) is 15.7 Å². The van der Waals surface area contributed by atoms with Crippen molar-refractivity contribution in [1.29, 1.82) is 0 Å². The van der Waals surface area contributed by atoms with Crippen LogP contribution in [0.15, 0.2) is 30.6 Å². The van der Waals surface area contributed by atoms with E-state index >= 15 is 0 Å². The number of aryl methyl sites for hydroxylation is 1. The number of anilines is 2. The second kappa shape index (κ2) is 8.92. The highest BCUT2D eigenvalue weighted by molar-refractivity contribution is 5.93. The molecule has 0 saturated carbocycles. The van der Waals surface area contributed by atoms with E-state index in [1.165, 1.54) is 6.07 Å². The molecule has 0 spiro atoms. The molecule has 1 aliphatic rings. The predicted octanol–water partition coefficient (Wildman–Crippen LogP) is 2.47. The number of likely N-dealkylation sites (tertiary alicyclic amines) is 1. The molecule has 1 aromatic carbocycles. The Labute approximate surface area is 161 Å². The number of hydrogen-bond donors (Lipinski definition) is 2. The number of piperidine rings is 1. The van der Waals surface area contributed by atoms with Crippen molar-refractivity contribution in [3.8, 4) is 0 Å². The molecule has 0 aliphatic carbocycles. The van der Waals surface area contributed by atoms with Crippen LogP contribution in [-0.4, -0.2) is 46.1 Å². The van der Waals surface area contributed by atoms with Gasteiger partial charge < -0.3 is 10.6 Å². The summed E-state index contributed by atoms with van der Waals surface area (Å²) in [6, 6.07) is 3.23. The van der Waals surface area contributed by atoms with Crippen LogP contribution in [0.5, 0.6) is 0 Å². The topological polar surface area (TPSA) is 79.3 Å². The first-order valence-electron chi connectivity index (χ1n) is 9.25. The van der Waals surface area contributed by atoms with E-state index in [0.717, 1.165) is 18.7 Å². The monoisotopic (exact) mass is 391 g/mol. The van der Waals surface area contributed by atoms with E-state index in [4.69, 9.17) is 0 Å². The molecule has 9 heteroatoms. The van der Waals surface area contributed by atoms with Crippen LogP contribution in [-0.2, 0) is 16.1 Å². The average molecular weight is 391 g/mol. The second-order valence-electron chi connectivity index (χ2n) is 6.80. The number of halogens is 2. The Morgan fingerprint density at radius 3 is 2.54 bits per heavy atom. The van der Waals surface area contributed by atoms with Gasteiger partial charge >= 0.3 is 0 Å². The summed E-state index contributed by atoms with van der Waals surface area (Å²) in [4.78, 5) is 26.4. The lowest BCUT2D eigenvalue weighted by Crippen LogP contribution is -2.41. The van der Waals surface area contributed by atoms with Crippen LogP contribution in [0.3, 0.4) is 0 Å². The number of carbonyl (C=O) groups excluding carboxylic acids is 2. The SMILES string of the molecule is CCn1cc(NC(=O)C2CCN(CC(=O)Nc3ccc(F)c(F)c3)CC2)cn1. The number of aromatic nitrogens is 2. The van der Waals surface area contributed by atoms with Crippen LogP contribution < -0.4 is 10.6 Å². The Bertz CT molecular complexity index is 847. The lowest BCUT2D eigenvalue weighted by molar-refractivity contribution is -0.121. The first-order chi connectivity index (χ1) is 13.4. The number of carbonyl (C=O) groups is 2. The van der Waals surface area contributed by atoms with Gasteiger partial charge in [0.1, 0.15) is 0 Å². The zero-order valence-electron chi connectivity index (χ0n) is 15.6. The number of nitrogens with one attached hydrogen (secondary N) is 2. The van der Waals surface area contributed by atoms with Crippen LogP contribution in [0.4, 0.5) is 20.2 Å². The zero-order chi connectivity index (χ0) is 20.1. The summed E-state index contributed by atoms with van der Waals surface area (Å²) in [6.07, 6.45) is 4.70. The minimum atomic E-state index is -1.01. The summed E-state index contributed by atoms with van der Waals surface area (Å²) in [5, 5.41) is 9.56. The van der Waals surface area contributed by atoms with Gasteiger partial charge in [0, 0.05) is 30.4 Å². The molecule has 7 nitrogen and oxygen atoms in total. The van der Waals surface area contributed by atoms with Crippen molar-refractivity contribution >= 4 is 23.2 Å². The van der Waals surface area contributed by atoms with Gasteiger partial charge in [-0.05, 0) is 45.0 Å². The third-order valence-corrected chi connectivity index (χ3v) is 4.75. The zero-order valence-corrected chi connectivity index (χ0v) is 15.6. The normalized spacial score (nSPS) is 15.4. The first kappa shape index (κ1) is 19.9. The molecule has 2 amide bonds. The number of rotatable bonds is 6. The number of hydrogen-bond acceptors (Lipinski definition) is 4. The predicted molar refractivity (Wildman–Crippen MR) is 101 cm³/mol. The third-order valence-electron chi connectivity index (χ3n) is 4.75. The molecule has 28 heavy (non-hydrogen) atoms. The quantitative estimate of drug-likeness (QED) is 0.793. The van der Waals surface area contributed by atoms with Crippen LogP contribution in [0.2, 0.25) is 0 Å². The highest BCUT2D eigenvalue weighted by Crippen LogP contribution is 2.20. The van der Waals surface area contributed by atoms with E-state index in [-0.39, 0.29) is 30.0 Å². The summed E-state index contributed by atoms with van der Waals surface area (Å²) < 4.78 is 27.9. The molecule has 0 atom stereocenters. The number of nitrogens with zero attached hydrogens (tertiary/aromatic N) is 3. The molecule has 0 unspecified atom stereocenters. The Morgan fingerprint density at radius 1 is 1.14 bits per heavy atom. The van der Waals surface area contributed by atoms with Gasteiger partial charge in [0.25, 0.3) is 0 Å². The molecule has 0 radical (unpaired) electrons. The van der Waals surface area contributed by atoms with Crippen molar-refractivity contribution in [2.75, 3.05) is 30.3 Å². The largest absolute Gasteiger partial charge is 0.325 e. The number of benzene rings is 1. The summed E-state index contributed by atoms with van der Waals surface area (Å²) >= 11 is 0. The Hall–Kier alpha value is -2.81. The summed E-state index contributed by atoms with van der Waals surface area (Å²) in [5.41, 5.74) is 0.894. The standard InChI is InChI=1S/C19H23F2N5O2/c1-2-26-11-15(10-22-26)24-19(28)13-5-7-25(8-6-13)12-18(27)23-14-3-4-16(20)17(21)9-14/h3-4,9-11,13H,2,5-8,12H2,1H3,(H,23,27)(H,24,28). The molecular formula is C19H23F2N5O2. The van der Waals surface area contributed by atoms with Gasteiger partial charge in [-0.2, -0.15) is 5.10 Å². The lowest BCUT2D eigenvalue weighted by atomic mass is 9.96. The Kier molecular flexibility index (Phi) is 6.35. The summed E-state index contributed by atoms with van der Waals surface area (Å²) in [5.74, 6) is -2.42. The van der Waals surface area contributed by atoms with Crippen LogP contribution in [0, 0.1) is 17.6 Å². The van der Waals surface area contributed by atoms with Gasteiger partial charge in [0.15, 0.2) is 11.6 Å². The van der Waals surface area contributed by atoms with Gasteiger partial charge in [0.05, 0.1) is 18.4 Å². The summed E-state index contributed by atoms with van der Waals surface area (Å²) in [7, 11) is 0. The van der Waals surface area contributed by atoms with Crippen molar-refractivity contribution in [3.05, 3.63) is 42.2 Å². The van der Waals surface area contributed by atoms with Gasteiger partial charge in [-0.15, -0.1) is 0 Å². The number of amides is 2.